The van der Waals surface area contributed by atoms with Crippen molar-refractivity contribution in [3.8, 4) is 0 Å². The molecule has 0 bridgehead atoms. The van der Waals surface area contributed by atoms with Crippen LogP contribution in [0.4, 0.5) is 5.82 Å². The molecule has 0 unspecified atom stereocenters. The van der Waals surface area contributed by atoms with Gasteiger partial charge in [0.05, 0.1) is 0 Å². The third-order valence-electron chi connectivity index (χ3n) is 1.49. The van der Waals surface area contributed by atoms with Gasteiger partial charge >= 0.3 is 0 Å². The first kappa shape index (κ1) is 9.92. The molecule has 2 N–H and O–H groups in total. The summed E-state index contributed by atoms with van der Waals surface area (Å²) in [4.78, 5) is 4.16. The zero-order valence-corrected chi connectivity index (χ0v) is 8.61. The second kappa shape index (κ2) is 4.77. The normalized spacial score (nSPS) is 9.38. The van der Waals surface area contributed by atoms with Crippen molar-refractivity contribution in [3.63, 3.8) is 0 Å². The monoisotopic (exact) mass is 195 g/mol. The van der Waals surface area contributed by atoms with Crippen LogP contribution in [0.15, 0.2) is 18.3 Å². The van der Waals surface area contributed by atoms with Crippen molar-refractivity contribution < 1.29 is 0 Å². The maximum Gasteiger partial charge on any atom is 0.171 e. The molecule has 13 heavy (non-hydrogen) atoms. The van der Waals surface area contributed by atoms with E-state index >= 15 is 0 Å². The fraction of sp³-hybridized carbons (Fsp3) is 0.333. The van der Waals surface area contributed by atoms with E-state index in [1.54, 1.807) is 6.20 Å². The molecule has 0 radical (unpaired) electrons. The zero-order chi connectivity index (χ0) is 9.68. The lowest BCUT2D eigenvalue weighted by atomic mass is 10.3. The first-order valence-electron chi connectivity index (χ1n) is 4.20. The Labute approximate surface area is 83.6 Å². The van der Waals surface area contributed by atoms with Gasteiger partial charge in [-0.3, -0.25) is 0 Å². The molecule has 1 heterocycles. The van der Waals surface area contributed by atoms with Crippen molar-refractivity contribution in [3.05, 3.63) is 23.9 Å². The van der Waals surface area contributed by atoms with Gasteiger partial charge in [0.15, 0.2) is 5.11 Å². The van der Waals surface area contributed by atoms with E-state index in [-0.39, 0.29) is 0 Å². The summed E-state index contributed by atoms with van der Waals surface area (Å²) < 4.78 is 0. The fourth-order valence-electron chi connectivity index (χ4n) is 0.863. The van der Waals surface area contributed by atoms with Gasteiger partial charge in [-0.2, -0.15) is 0 Å². The molecule has 0 saturated heterocycles. The number of aromatic nitrogens is 1. The topological polar surface area (TPSA) is 37.0 Å². The van der Waals surface area contributed by atoms with E-state index in [0.29, 0.717) is 5.11 Å². The number of anilines is 1. The highest BCUT2D eigenvalue weighted by Crippen LogP contribution is 2.02. The van der Waals surface area contributed by atoms with Crippen LogP contribution in [0.5, 0.6) is 0 Å². The summed E-state index contributed by atoms with van der Waals surface area (Å²) in [6, 6.07) is 3.89. The summed E-state index contributed by atoms with van der Waals surface area (Å²) in [5.74, 6) is 0.775. The van der Waals surface area contributed by atoms with Gasteiger partial charge in [-0.1, -0.05) is 6.07 Å². The van der Waals surface area contributed by atoms with E-state index in [4.69, 9.17) is 12.2 Å². The van der Waals surface area contributed by atoms with Crippen LogP contribution in [0.2, 0.25) is 0 Å². The molecule has 4 heteroatoms. The highest BCUT2D eigenvalue weighted by atomic mass is 32.1. The average molecular weight is 195 g/mol. The van der Waals surface area contributed by atoms with E-state index in [9.17, 15) is 0 Å². The lowest BCUT2D eigenvalue weighted by molar-refractivity contribution is 0.978. The molecule has 0 spiro atoms. The van der Waals surface area contributed by atoms with Crippen LogP contribution in [-0.2, 0) is 0 Å². The van der Waals surface area contributed by atoms with Crippen molar-refractivity contribution >= 4 is 23.1 Å². The van der Waals surface area contributed by atoms with Gasteiger partial charge in [0, 0.05) is 12.7 Å². The van der Waals surface area contributed by atoms with Crippen molar-refractivity contribution in [2.45, 2.75) is 13.8 Å². The molecule has 0 aliphatic heterocycles. The summed E-state index contributed by atoms with van der Waals surface area (Å²) in [5.41, 5.74) is 1.14. The number of hydrogen-bond donors (Lipinski definition) is 2. The largest absolute Gasteiger partial charge is 0.363 e. The molecule has 0 aliphatic carbocycles. The van der Waals surface area contributed by atoms with E-state index in [1.165, 1.54) is 0 Å². The smallest absolute Gasteiger partial charge is 0.171 e. The minimum Gasteiger partial charge on any atom is -0.363 e. The Kier molecular flexibility index (Phi) is 3.64. The Morgan fingerprint density at radius 3 is 2.85 bits per heavy atom. The van der Waals surface area contributed by atoms with Gasteiger partial charge in [0.25, 0.3) is 0 Å². The second-order valence-corrected chi connectivity index (χ2v) is 3.11. The molecule has 1 rings (SSSR count). The summed E-state index contributed by atoms with van der Waals surface area (Å²) >= 11 is 5.01. The Bertz CT molecular complexity index is 281. The minimum atomic E-state index is 0.610. The molecular weight excluding hydrogens is 182 g/mol. The van der Waals surface area contributed by atoms with Crippen LogP contribution < -0.4 is 10.6 Å². The van der Waals surface area contributed by atoms with Gasteiger partial charge in [0.2, 0.25) is 0 Å². The predicted molar refractivity (Wildman–Crippen MR) is 58.9 cm³/mol. The number of hydrogen-bond acceptors (Lipinski definition) is 2. The summed E-state index contributed by atoms with van der Waals surface area (Å²) in [5, 5.41) is 6.58. The molecule has 1 aromatic heterocycles. The highest BCUT2D eigenvalue weighted by molar-refractivity contribution is 7.80. The number of aryl methyl sites for hydroxylation is 1. The van der Waals surface area contributed by atoms with Crippen LogP contribution in [-0.4, -0.2) is 16.6 Å². The molecular formula is C9H13N3S. The highest BCUT2D eigenvalue weighted by Gasteiger charge is 1.95. The maximum atomic E-state index is 5.01. The molecule has 3 nitrogen and oxygen atoms in total. The number of pyridine rings is 1. The third-order valence-corrected chi connectivity index (χ3v) is 1.74. The van der Waals surface area contributed by atoms with Gasteiger partial charge in [-0.25, -0.2) is 4.98 Å². The Hall–Kier alpha value is -1.16. The Morgan fingerprint density at radius 1 is 1.54 bits per heavy atom. The van der Waals surface area contributed by atoms with Crippen molar-refractivity contribution in [1.82, 2.24) is 10.3 Å². The first-order chi connectivity index (χ1) is 6.22. The molecule has 0 fully saturated rings. The van der Waals surface area contributed by atoms with Crippen LogP contribution in [0.25, 0.3) is 0 Å². The van der Waals surface area contributed by atoms with Crippen LogP contribution >= 0.6 is 12.2 Å². The molecule has 0 saturated carbocycles. The van der Waals surface area contributed by atoms with Gasteiger partial charge < -0.3 is 10.6 Å². The van der Waals surface area contributed by atoms with Gasteiger partial charge in [-0.15, -0.1) is 0 Å². The lowest BCUT2D eigenvalue weighted by Crippen LogP contribution is -2.28. The minimum absolute atomic E-state index is 0.610. The van der Waals surface area contributed by atoms with Crippen LogP contribution in [0.3, 0.4) is 0 Å². The SMILES string of the molecule is CCNC(=S)Nc1ccc(C)cn1. The third kappa shape index (κ3) is 3.38. The molecule has 70 valence electrons. The van der Waals surface area contributed by atoms with E-state index in [2.05, 4.69) is 15.6 Å². The van der Waals surface area contributed by atoms with E-state index in [1.807, 2.05) is 26.0 Å². The number of rotatable bonds is 2. The first-order valence-corrected chi connectivity index (χ1v) is 4.60. The summed E-state index contributed by atoms with van der Waals surface area (Å²) in [7, 11) is 0. The van der Waals surface area contributed by atoms with Crippen molar-refractivity contribution in [1.29, 1.82) is 0 Å². The quantitative estimate of drug-likeness (QED) is 0.704. The zero-order valence-electron chi connectivity index (χ0n) is 7.79. The lowest BCUT2D eigenvalue weighted by Gasteiger charge is -2.07. The molecule has 0 aliphatic rings. The molecule has 0 aromatic carbocycles. The standard InChI is InChI=1S/C9H13N3S/c1-3-10-9(13)12-8-5-4-7(2)6-11-8/h4-6H,3H2,1-2H3,(H2,10,11,12,13). The number of nitrogens with zero attached hydrogens (tertiary/aromatic N) is 1. The van der Waals surface area contributed by atoms with E-state index < -0.39 is 0 Å². The van der Waals surface area contributed by atoms with Crippen LogP contribution in [0.1, 0.15) is 12.5 Å². The Morgan fingerprint density at radius 2 is 2.31 bits per heavy atom. The second-order valence-electron chi connectivity index (χ2n) is 2.71. The number of thiocarbonyl (C=S) groups is 1. The van der Waals surface area contributed by atoms with E-state index in [0.717, 1.165) is 17.9 Å². The van der Waals surface area contributed by atoms with Gasteiger partial charge in [-0.05, 0) is 37.7 Å². The van der Waals surface area contributed by atoms with Gasteiger partial charge in [0.1, 0.15) is 5.82 Å². The summed E-state index contributed by atoms with van der Waals surface area (Å²) in [6.07, 6.45) is 1.80. The fourth-order valence-corrected chi connectivity index (χ4v) is 1.11. The average Bonchev–Trinajstić information content (AvgIpc) is 2.09. The number of nitrogens with one attached hydrogen (secondary N) is 2. The maximum absolute atomic E-state index is 5.01. The van der Waals surface area contributed by atoms with Crippen LogP contribution in [0, 0.1) is 6.92 Å². The van der Waals surface area contributed by atoms with Crippen molar-refractivity contribution in [2.24, 2.45) is 0 Å². The molecule has 1 aromatic rings. The predicted octanol–water partition coefficient (Wildman–Crippen LogP) is 1.70. The summed E-state index contributed by atoms with van der Waals surface area (Å²) in [6.45, 7) is 4.81. The van der Waals surface area contributed by atoms with Crippen molar-refractivity contribution in [2.75, 3.05) is 11.9 Å². The Balaban J connectivity index is 2.54. The molecule has 0 amide bonds. The molecule has 0 atom stereocenters.